The van der Waals surface area contributed by atoms with Crippen LogP contribution in [0, 0.1) is 11.6 Å². The molecule has 0 atom stereocenters. The Labute approximate surface area is 151 Å². The summed E-state index contributed by atoms with van der Waals surface area (Å²) >= 11 is 1.32. The second-order valence-corrected chi connectivity index (χ2v) is 7.14. The minimum Gasteiger partial charge on any atom is -0.352 e. The van der Waals surface area contributed by atoms with E-state index in [0.717, 1.165) is 48.8 Å². The van der Waals surface area contributed by atoms with Gasteiger partial charge in [0, 0.05) is 44.6 Å². The van der Waals surface area contributed by atoms with Gasteiger partial charge >= 0.3 is 0 Å². The highest BCUT2D eigenvalue weighted by atomic mass is 32.1. The van der Waals surface area contributed by atoms with Crippen LogP contribution in [0.1, 0.15) is 0 Å². The third-order valence-corrected chi connectivity index (χ3v) is 5.58. The molecule has 4 heterocycles. The highest BCUT2D eigenvalue weighted by molar-refractivity contribution is 7.22. The maximum atomic E-state index is 13.9. The molecule has 1 aromatic carbocycles. The second-order valence-electron chi connectivity index (χ2n) is 6.13. The summed E-state index contributed by atoms with van der Waals surface area (Å²) < 4.78 is 29.5. The minimum atomic E-state index is -0.612. The van der Waals surface area contributed by atoms with Crippen LogP contribution in [0.15, 0.2) is 36.7 Å². The van der Waals surface area contributed by atoms with Crippen LogP contribution in [0.25, 0.3) is 15.9 Å². The van der Waals surface area contributed by atoms with Gasteiger partial charge in [-0.15, -0.1) is 5.10 Å². The Morgan fingerprint density at radius 2 is 1.81 bits per heavy atom. The molecule has 6 nitrogen and oxygen atoms in total. The zero-order valence-corrected chi connectivity index (χ0v) is 14.5. The minimum absolute atomic E-state index is 0.237. The number of fused-ring (bicyclic) bond motifs is 2. The number of anilines is 2. The fourth-order valence-electron chi connectivity index (χ4n) is 3.18. The smallest absolute Gasteiger partial charge is 0.186 e. The van der Waals surface area contributed by atoms with Gasteiger partial charge in [0.2, 0.25) is 0 Å². The molecule has 1 saturated heterocycles. The summed E-state index contributed by atoms with van der Waals surface area (Å²) in [6, 6.07) is 6.12. The van der Waals surface area contributed by atoms with E-state index in [1.54, 1.807) is 10.7 Å². The van der Waals surface area contributed by atoms with E-state index in [9.17, 15) is 8.78 Å². The van der Waals surface area contributed by atoms with Gasteiger partial charge in [-0.2, -0.15) is 0 Å². The van der Waals surface area contributed by atoms with Crippen molar-refractivity contribution in [3.63, 3.8) is 0 Å². The van der Waals surface area contributed by atoms with Gasteiger partial charge in [0.05, 0.1) is 4.70 Å². The summed E-state index contributed by atoms with van der Waals surface area (Å²) in [5, 5.41) is 5.29. The summed E-state index contributed by atoms with van der Waals surface area (Å²) in [7, 11) is 0. The fourth-order valence-corrected chi connectivity index (χ4v) is 4.24. The molecule has 26 heavy (non-hydrogen) atoms. The molecule has 0 unspecified atom stereocenters. The number of imidazole rings is 1. The summed E-state index contributed by atoms with van der Waals surface area (Å²) in [4.78, 5) is 12.9. The van der Waals surface area contributed by atoms with Crippen molar-refractivity contribution in [1.29, 1.82) is 0 Å². The van der Waals surface area contributed by atoms with Gasteiger partial charge in [0.1, 0.15) is 17.2 Å². The average Bonchev–Trinajstić information content (AvgIpc) is 3.28. The maximum absolute atomic E-state index is 13.9. The van der Waals surface area contributed by atoms with Crippen LogP contribution < -0.4 is 9.80 Å². The van der Waals surface area contributed by atoms with Gasteiger partial charge in [-0.1, -0.05) is 11.3 Å². The number of nitrogens with zero attached hydrogens (tertiary/aromatic N) is 6. The van der Waals surface area contributed by atoms with Crippen LogP contribution >= 0.6 is 11.3 Å². The highest BCUT2D eigenvalue weighted by Crippen LogP contribution is 2.31. The van der Waals surface area contributed by atoms with Crippen LogP contribution in [-0.2, 0) is 0 Å². The first-order valence-corrected chi connectivity index (χ1v) is 9.05. The first-order valence-electron chi connectivity index (χ1n) is 8.23. The third kappa shape index (κ3) is 2.55. The van der Waals surface area contributed by atoms with Crippen molar-refractivity contribution in [3.8, 4) is 0 Å². The van der Waals surface area contributed by atoms with Crippen LogP contribution in [-0.4, -0.2) is 45.8 Å². The SMILES string of the molecule is Fc1cc(F)c2nc(N3CCN(c4ccc5nccn5n4)CC3)sc2c1. The van der Waals surface area contributed by atoms with E-state index in [1.165, 1.54) is 17.4 Å². The van der Waals surface area contributed by atoms with E-state index >= 15 is 0 Å². The number of rotatable bonds is 2. The monoisotopic (exact) mass is 372 g/mol. The lowest BCUT2D eigenvalue weighted by Crippen LogP contribution is -2.46. The van der Waals surface area contributed by atoms with Crippen molar-refractivity contribution in [2.45, 2.75) is 0 Å². The standard InChI is InChI=1S/C17H14F2N6S/c18-11-9-12(19)16-13(10-11)26-17(21-16)24-7-5-23(6-8-24)15-2-1-14-20-3-4-25(14)22-15/h1-4,9-10H,5-8H2. The Morgan fingerprint density at radius 3 is 2.65 bits per heavy atom. The van der Waals surface area contributed by atoms with Crippen molar-refractivity contribution in [2.75, 3.05) is 36.0 Å². The number of hydrogen-bond donors (Lipinski definition) is 0. The zero-order valence-electron chi connectivity index (χ0n) is 13.6. The Bertz CT molecular complexity index is 1100. The van der Waals surface area contributed by atoms with Crippen molar-refractivity contribution in [3.05, 3.63) is 48.3 Å². The summed E-state index contributed by atoms with van der Waals surface area (Å²) in [6.45, 7) is 3.04. The quantitative estimate of drug-likeness (QED) is 0.542. The summed E-state index contributed by atoms with van der Waals surface area (Å²) in [6.07, 6.45) is 3.54. The van der Waals surface area contributed by atoms with Crippen LogP contribution in [0.4, 0.5) is 19.7 Å². The van der Waals surface area contributed by atoms with E-state index in [0.29, 0.717) is 4.70 Å². The third-order valence-electron chi connectivity index (χ3n) is 4.52. The van der Waals surface area contributed by atoms with E-state index in [4.69, 9.17) is 0 Å². The van der Waals surface area contributed by atoms with Gasteiger partial charge in [0.15, 0.2) is 16.6 Å². The highest BCUT2D eigenvalue weighted by Gasteiger charge is 2.22. The normalized spacial score (nSPS) is 15.3. The molecule has 5 rings (SSSR count). The molecule has 9 heteroatoms. The molecular formula is C17H14F2N6S. The summed E-state index contributed by atoms with van der Waals surface area (Å²) in [5.41, 5.74) is 1.05. The topological polar surface area (TPSA) is 49.6 Å². The predicted octanol–water partition coefficient (Wildman–Crippen LogP) is 2.94. The Balaban J connectivity index is 1.36. The first-order chi connectivity index (χ1) is 12.7. The molecule has 0 radical (unpaired) electrons. The number of hydrogen-bond acceptors (Lipinski definition) is 6. The first kappa shape index (κ1) is 15.4. The number of halogens is 2. The average molecular weight is 372 g/mol. The lowest BCUT2D eigenvalue weighted by molar-refractivity contribution is 0.591. The van der Waals surface area contributed by atoms with Crippen LogP contribution in [0.5, 0.6) is 0 Å². The van der Waals surface area contributed by atoms with Crippen LogP contribution in [0.2, 0.25) is 0 Å². The summed E-state index contributed by atoms with van der Waals surface area (Å²) in [5.74, 6) is -0.289. The molecule has 0 saturated carbocycles. The Kier molecular flexibility index (Phi) is 3.49. The number of aromatic nitrogens is 4. The van der Waals surface area contributed by atoms with E-state index < -0.39 is 11.6 Å². The molecular weight excluding hydrogens is 358 g/mol. The largest absolute Gasteiger partial charge is 0.352 e. The molecule has 0 aliphatic carbocycles. The Hall–Kier alpha value is -2.81. The van der Waals surface area contributed by atoms with Crippen molar-refractivity contribution < 1.29 is 8.78 Å². The predicted molar refractivity (Wildman–Crippen MR) is 96.9 cm³/mol. The molecule has 1 fully saturated rings. The van der Waals surface area contributed by atoms with E-state index in [1.807, 2.05) is 18.3 Å². The van der Waals surface area contributed by atoms with Gasteiger partial charge in [-0.3, -0.25) is 0 Å². The lowest BCUT2D eigenvalue weighted by atomic mass is 10.3. The molecule has 3 aromatic heterocycles. The molecule has 1 aliphatic heterocycles. The van der Waals surface area contributed by atoms with E-state index in [2.05, 4.69) is 24.9 Å². The second kappa shape index (κ2) is 5.87. The fraction of sp³-hybridized carbons (Fsp3) is 0.235. The number of benzene rings is 1. The molecule has 1 aliphatic rings. The van der Waals surface area contributed by atoms with Crippen molar-refractivity contribution in [1.82, 2.24) is 19.6 Å². The van der Waals surface area contributed by atoms with Crippen LogP contribution in [0.3, 0.4) is 0 Å². The zero-order chi connectivity index (χ0) is 17.7. The van der Waals surface area contributed by atoms with Gasteiger partial charge in [-0.05, 0) is 18.2 Å². The lowest BCUT2D eigenvalue weighted by Gasteiger charge is -2.35. The molecule has 132 valence electrons. The van der Waals surface area contributed by atoms with Gasteiger partial charge in [-0.25, -0.2) is 23.3 Å². The van der Waals surface area contributed by atoms with Crippen molar-refractivity contribution >= 4 is 38.2 Å². The molecule has 4 aromatic rings. The maximum Gasteiger partial charge on any atom is 0.186 e. The van der Waals surface area contributed by atoms with Crippen molar-refractivity contribution in [2.24, 2.45) is 0 Å². The Morgan fingerprint density at radius 1 is 1.00 bits per heavy atom. The molecule has 0 amide bonds. The van der Waals surface area contributed by atoms with Gasteiger partial charge in [0.25, 0.3) is 0 Å². The number of thiazole rings is 1. The number of piperazine rings is 1. The molecule has 0 bridgehead atoms. The molecule has 0 N–H and O–H groups in total. The van der Waals surface area contributed by atoms with E-state index in [-0.39, 0.29) is 5.52 Å². The van der Waals surface area contributed by atoms with Gasteiger partial charge < -0.3 is 9.80 Å². The molecule has 0 spiro atoms.